The van der Waals surface area contributed by atoms with E-state index in [2.05, 4.69) is 18.5 Å². The third-order valence-electron chi connectivity index (χ3n) is 4.24. The van der Waals surface area contributed by atoms with Gasteiger partial charge in [-0.15, -0.1) is 0 Å². The molecule has 0 saturated carbocycles. The number of aromatic nitrogens is 1. The number of hydrogen-bond donors (Lipinski definition) is 0. The largest absolute Gasteiger partial charge is 0.421 e. The summed E-state index contributed by atoms with van der Waals surface area (Å²) in [7, 11) is 0. The number of esters is 1. The molecule has 0 spiro atoms. The second-order valence-electron chi connectivity index (χ2n) is 6.36. The summed E-state index contributed by atoms with van der Waals surface area (Å²) in [6.07, 6.45) is 18.3. The van der Waals surface area contributed by atoms with Gasteiger partial charge >= 0.3 is 5.97 Å². The zero-order chi connectivity index (χ0) is 17.5. The molecule has 1 aromatic heterocycles. The van der Waals surface area contributed by atoms with Gasteiger partial charge in [0.2, 0.25) is 0 Å². The lowest BCUT2D eigenvalue weighted by molar-refractivity contribution is -0.129. The van der Waals surface area contributed by atoms with Crippen molar-refractivity contribution in [3.63, 3.8) is 0 Å². The van der Waals surface area contributed by atoms with Gasteiger partial charge in [0.1, 0.15) is 0 Å². The molecule has 3 heteroatoms. The van der Waals surface area contributed by atoms with Crippen molar-refractivity contribution in [3.8, 4) is 5.75 Å². The molecule has 0 amide bonds. The Balaban J connectivity index is 2.09. The Kier molecular flexibility index (Phi) is 11.7. The minimum atomic E-state index is -0.428. The van der Waals surface area contributed by atoms with E-state index < -0.39 is 5.97 Å². The monoisotopic (exact) mass is 331 g/mol. The van der Waals surface area contributed by atoms with Crippen LogP contribution in [0.3, 0.4) is 0 Å². The highest BCUT2D eigenvalue weighted by atomic mass is 16.5. The lowest BCUT2D eigenvalue weighted by atomic mass is 10.0. The van der Waals surface area contributed by atoms with Crippen molar-refractivity contribution in [3.05, 3.63) is 36.7 Å². The predicted octanol–water partition coefficient (Wildman–Crippen LogP) is 6.03. The molecule has 0 bridgehead atoms. The fourth-order valence-corrected chi connectivity index (χ4v) is 2.81. The molecule has 0 saturated heterocycles. The molecule has 0 radical (unpaired) electrons. The normalized spacial score (nSPS) is 10.5. The number of hydrogen-bond acceptors (Lipinski definition) is 3. The Morgan fingerprint density at radius 3 is 2.21 bits per heavy atom. The van der Waals surface area contributed by atoms with Crippen molar-refractivity contribution in [1.82, 2.24) is 4.98 Å². The van der Waals surface area contributed by atoms with E-state index in [-0.39, 0.29) is 0 Å². The lowest BCUT2D eigenvalue weighted by Gasteiger charge is -2.07. The van der Waals surface area contributed by atoms with Gasteiger partial charge in [0, 0.05) is 12.3 Å². The molecule has 0 aliphatic heterocycles. The number of ether oxygens (including phenoxy) is 1. The van der Waals surface area contributed by atoms with Crippen LogP contribution in [0.25, 0.3) is 0 Å². The van der Waals surface area contributed by atoms with Gasteiger partial charge in [0.15, 0.2) is 5.75 Å². The maximum Gasteiger partial charge on any atom is 0.335 e. The molecule has 0 aliphatic carbocycles. The van der Waals surface area contributed by atoms with Crippen LogP contribution in [0.1, 0.15) is 83.2 Å². The summed E-state index contributed by atoms with van der Waals surface area (Å²) in [4.78, 5) is 15.7. The Morgan fingerprint density at radius 2 is 1.62 bits per heavy atom. The van der Waals surface area contributed by atoms with Crippen molar-refractivity contribution >= 4 is 5.97 Å². The smallest absolute Gasteiger partial charge is 0.335 e. The minimum absolute atomic E-state index is 0.428. The lowest BCUT2D eigenvalue weighted by Crippen LogP contribution is -2.06. The van der Waals surface area contributed by atoms with Gasteiger partial charge in [-0.05, 0) is 25.0 Å². The van der Waals surface area contributed by atoms with Crippen LogP contribution in [0.2, 0.25) is 0 Å². The highest BCUT2D eigenvalue weighted by Crippen LogP contribution is 2.19. The van der Waals surface area contributed by atoms with Gasteiger partial charge < -0.3 is 4.74 Å². The van der Waals surface area contributed by atoms with Crippen molar-refractivity contribution < 1.29 is 9.53 Å². The summed E-state index contributed by atoms with van der Waals surface area (Å²) in [6.45, 7) is 5.68. The van der Waals surface area contributed by atoms with Gasteiger partial charge in [-0.1, -0.05) is 77.7 Å². The average Bonchev–Trinajstić information content (AvgIpc) is 2.60. The number of pyridine rings is 1. The molecule has 1 aromatic rings. The van der Waals surface area contributed by atoms with E-state index in [0.717, 1.165) is 18.5 Å². The summed E-state index contributed by atoms with van der Waals surface area (Å²) in [5, 5.41) is 0. The molecule has 0 N–H and O–H groups in total. The number of rotatable bonds is 14. The Hall–Kier alpha value is -1.64. The number of nitrogens with zero attached hydrogens (tertiary/aromatic N) is 1. The second kappa shape index (κ2) is 13.8. The Labute approximate surface area is 147 Å². The highest BCUT2D eigenvalue weighted by Gasteiger charge is 2.07. The highest BCUT2D eigenvalue weighted by molar-refractivity contribution is 5.83. The molecule has 1 heterocycles. The predicted molar refractivity (Wildman–Crippen MR) is 100 cm³/mol. The number of carbonyl (C=O) groups is 1. The zero-order valence-corrected chi connectivity index (χ0v) is 15.3. The summed E-state index contributed by atoms with van der Waals surface area (Å²) in [6, 6.07) is 3.58. The second-order valence-corrected chi connectivity index (χ2v) is 6.36. The molecule has 0 aliphatic rings. The quantitative estimate of drug-likeness (QED) is 0.237. The van der Waals surface area contributed by atoms with Crippen LogP contribution in [-0.4, -0.2) is 11.0 Å². The van der Waals surface area contributed by atoms with Crippen LogP contribution in [0.4, 0.5) is 0 Å². The standard InChI is InChI=1S/C21H33NO2/c1-3-5-6-7-8-9-10-11-12-13-14-16-19-20(17-15-18-22-19)24-21(23)4-2/h4,15,17-18H,2-3,5-14,16H2,1H3. The van der Waals surface area contributed by atoms with Gasteiger partial charge in [-0.25, -0.2) is 4.79 Å². The molecule has 134 valence electrons. The molecule has 0 atom stereocenters. The number of aryl methyl sites for hydroxylation is 1. The maximum atomic E-state index is 11.3. The Morgan fingerprint density at radius 1 is 1.04 bits per heavy atom. The van der Waals surface area contributed by atoms with Crippen LogP contribution < -0.4 is 4.74 Å². The van der Waals surface area contributed by atoms with Crippen LogP contribution in [0, 0.1) is 0 Å². The number of unbranched alkanes of at least 4 members (excludes halogenated alkanes) is 10. The fourth-order valence-electron chi connectivity index (χ4n) is 2.81. The first kappa shape index (κ1) is 20.4. The first-order valence-corrected chi connectivity index (χ1v) is 9.56. The van der Waals surface area contributed by atoms with E-state index in [4.69, 9.17) is 4.74 Å². The number of carbonyl (C=O) groups excluding carboxylic acids is 1. The molecule has 0 fully saturated rings. The first-order valence-electron chi connectivity index (χ1n) is 9.56. The van der Waals surface area contributed by atoms with Crippen LogP contribution in [0.5, 0.6) is 5.75 Å². The molecular formula is C21H33NO2. The molecule has 3 nitrogen and oxygen atoms in total. The van der Waals surface area contributed by atoms with Gasteiger partial charge in [0.25, 0.3) is 0 Å². The van der Waals surface area contributed by atoms with E-state index in [0.29, 0.717) is 5.75 Å². The first-order chi connectivity index (χ1) is 11.8. The van der Waals surface area contributed by atoms with E-state index in [1.54, 1.807) is 18.3 Å². The minimum Gasteiger partial charge on any atom is -0.421 e. The van der Waals surface area contributed by atoms with E-state index in [9.17, 15) is 4.79 Å². The van der Waals surface area contributed by atoms with Gasteiger partial charge in [0.05, 0.1) is 5.69 Å². The van der Waals surface area contributed by atoms with Crippen LogP contribution >= 0.6 is 0 Å². The van der Waals surface area contributed by atoms with Crippen molar-refractivity contribution in [2.45, 2.75) is 84.0 Å². The van der Waals surface area contributed by atoms with E-state index >= 15 is 0 Å². The van der Waals surface area contributed by atoms with Gasteiger partial charge in [-0.3, -0.25) is 4.98 Å². The molecule has 0 aromatic carbocycles. The van der Waals surface area contributed by atoms with Crippen LogP contribution in [-0.2, 0) is 11.2 Å². The third-order valence-corrected chi connectivity index (χ3v) is 4.24. The molecule has 0 unspecified atom stereocenters. The Bertz CT molecular complexity index is 471. The van der Waals surface area contributed by atoms with E-state index in [1.807, 2.05) is 0 Å². The van der Waals surface area contributed by atoms with Crippen molar-refractivity contribution in [2.75, 3.05) is 0 Å². The molecule has 1 rings (SSSR count). The van der Waals surface area contributed by atoms with Crippen LogP contribution in [0.15, 0.2) is 31.0 Å². The van der Waals surface area contributed by atoms with Gasteiger partial charge in [-0.2, -0.15) is 0 Å². The SMILES string of the molecule is C=CC(=O)Oc1cccnc1CCCCCCCCCCCCC. The average molecular weight is 332 g/mol. The van der Waals surface area contributed by atoms with Crippen molar-refractivity contribution in [2.24, 2.45) is 0 Å². The summed E-state index contributed by atoms with van der Waals surface area (Å²) in [5.74, 6) is 0.137. The molecular weight excluding hydrogens is 298 g/mol. The summed E-state index contributed by atoms with van der Waals surface area (Å²) in [5.41, 5.74) is 0.864. The van der Waals surface area contributed by atoms with Crippen molar-refractivity contribution in [1.29, 1.82) is 0 Å². The zero-order valence-electron chi connectivity index (χ0n) is 15.3. The summed E-state index contributed by atoms with van der Waals surface area (Å²) >= 11 is 0. The third kappa shape index (κ3) is 9.49. The summed E-state index contributed by atoms with van der Waals surface area (Å²) < 4.78 is 5.23. The van der Waals surface area contributed by atoms with E-state index in [1.165, 1.54) is 70.3 Å². The topological polar surface area (TPSA) is 39.2 Å². The fraction of sp³-hybridized carbons (Fsp3) is 0.619. The molecule has 24 heavy (non-hydrogen) atoms. The maximum absolute atomic E-state index is 11.3.